The van der Waals surface area contributed by atoms with Gasteiger partial charge in [-0.2, -0.15) is 0 Å². The summed E-state index contributed by atoms with van der Waals surface area (Å²) in [5.74, 6) is -0.641. The summed E-state index contributed by atoms with van der Waals surface area (Å²) in [6.07, 6.45) is 2.40. The second-order valence-electron chi connectivity index (χ2n) is 6.20. The number of amides is 2. The van der Waals surface area contributed by atoms with Gasteiger partial charge in [0.25, 0.3) is 11.8 Å². The number of hydrogen-bond donors (Lipinski definition) is 2. The van der Waals surface area contributed by atoms with Crippen LogP contribution in [0.25, 0.3) is 0 Å². The zero-order valence-corrected chi connectivity index (χ0v) is 15.3. The molecule has 2 N–H and O–H groups in total. The number of anilines is 2. The fourth-order valence-corrected chi connectivity index (χ4v) is 2.62. The summed E-state index contributed by atoms with van der Waals surface area (Å²) >= 11 is 0. The van der Waals surface area contributed by atoms with Gasteiger partial charge in [-0.3, -0.25) is 14.6 Å². The van der Waals surface area contributed by atoms with E-state index in [0.717, 1.165) is 17.7 Å². The third-order valence-corrected chi connectivity index (χ3v) is 4.27. The van der Waals surface area contributed by atoms with Crippen LogP contribution in [0.4, 0.5) is 11.4 Å². The maximum absolute atomic E-state index is 12.5. The molecule has 2 amide bonds. The van der Waals surface area contributed by atoms with E-state index in [4.69, 9.17) is 0 Å². The molecule has 1 aromatic heterocycles. The fourth-order valence-electron chi connectivity index (χ4n) is 2.62. The Labute approximate surface area is 158 Å². The van der Waals surface area contributed by atoms with Crippen LogP contribution in [0.3, 0.4) is 0 Å². The maximum Gasteiger partial charge on any atom is 0.274 e. The normalized spacial score (nSPS) is 10.3. The Morgan fingerprint density at radius 2 is 1.67 bits per heavy atom. The number of pyridine rings is 1. The van der Waals surface area contributed by atoms with Crippen LogP contribution in [0.1, 0.15) is 38.9 Å². The van der Waals surface area contributed by atoms with Gasteiger partial charge in [0.15, 0.2) is 0 Å². The van der Waals surface area contributed by atoms with Crippen molar-refractivity contribution in [3.63, 3.8) is 0 Å². The summed E-state index contributed by atoms with van der Waals surface area (Å²) in [5.41, 5.74) is 4.14. The Kier molecular flexibility index (Phi) is 5.61. The molecule has 0 bridgehead atoms. The number of nitrogens with zero attached hydrogens (tertiary/aromatic N) is 1. The molecule has 1 heterocycles. The summed E-state index contributed by atoms with van der Waals surface area (Å²) < 4.78 is 0. The highest BCUT2D eigenvalue weighted by atomic mass is 16.2. The zero-order chi connectivity index (χ0) is 19.2. The summed E-state index contributed by atoms with van der Waals surface area (Å²) in [5, 5.41) is 5.66. The van der Waals surface area contributed by atoms with Gasteiger partial charge in [-0.25, -0.2) is 0 Å². The zero-order valence-electron chi connectivity index (χ0n) is 15.3. The van der Waals surface area contributed by atoms with Crippen molar-refractivity contribution in [2.45, 2.75) is 20.3 Å². The van der Waals surface area contributed by atoms with Crippen molar-refractivity contribution in [2.24, 2.45) is 0 Å². The third kappa shape index (κ3) is 4.58. The lowest BCUT2D eigenvalue weighted by Gasteiger charge is -2.09. The Morgan fingerprint density at radius 1 is 0.926 bits per heavy atom. The second-order valence-corrected chi connectivity index (χ2v) is 6.20. The van der Waals surface area contributed by atoms with E-state index in [0.29, 0.717) is 11.3 Å². The largest absolute Gasteiger partial charge is 0.322 e. The predicted octanol–water partition coefficient (Wildman–Crippen LogP) is 4.46. The van der Waals surface area contributed by atoms with Crippen LogP contribution in [-0.4, -0.2) is 16.8 Å². The van der Waals surface area contributed by atoms with Gasteiger partial charge in [-0.1, -0.05) is 37.3 Å². The van der Waals surface area contributed by atoms with Crippen LogP contribution in [-0.2, 0) is 6.42 Å². The SMILES string of the molecule is CCc1ccc(NC(=O)c2ccnc(C(=O)Nc3ccccc3C)c2)cc1. The van der Waals surface area contributed by atoms with Crippen molar-refractivity contribution in [2.75, 3.05) is 10.6 Å². The minimum Gasteiger partial charge on any atom is -0.322 e. The van der Waals surface area contributed by atoms with E-state index in [1.807, 2.05) is 55.5 Å². The van der Waals surface area contributed by atoms with Gasteiger partial charge < -0.3 is 10.6 Å². The number of carbonyl (C=O) groups excluding carboxylic acids is 2. The summed E-state index contributed by atoms with van der Waals surface area (Å²) in [4.78, 5) is 29.0. The lowest BCUT2D eigenvalue weighted by Crippen LogP contribution is -2.17. The number of aryl methyl sites for hydroxylation is 2. The summed E-state index contributed by atoms with van der Waals surface area (Å²) in [6.45, 7) is 3.99. The highest BCUT2D eigenvalue weighted by molar-refractivity contribution is 6.08. The van der Waals surface area contributed by atoms with Crippen LogP contribution in [0.2, 0.25) is 0 Å². The molecule has 0 unspecified atom stereocenters. The molecule has 0 saturated carbocycles. The molecule has 0 aliphatic heterocycles. The number of hydrogen-bond acceptors (Lipinski definition) is 3. The van der Waals surface area contributed by atoms with E-state index in [1.165, 1.54) is 17.8 Å². The first-order chi connectivity index (χ1) is 13.1. The first-order valence-electron chi connectivity index (χ1n) is 8.80. The lowest BCUT2D eigenvalue weighted by molar-refractivity contribution is 0.102. The molecule has 3 aromatic rings. The predicted molar refractivity (Wildman–Crippen MR) is 107 cm³/mol. The van der Waals surface area contributed by atoms with Crippen molar-refractivity contribution in [1.82, 2.24) is 4.98 Å². The van der Waals surface area contributed by atoms with Crippen LogP contribution >= 0.6 is 0 Å². The molecular weight excluding hydrogens is 338 g/mol. The molecule has 0 spiro atoms. The Bertz CT molecular complexity index is 965. The first kappa shape index (κ1) is 18.3. The molecule has 27 heavy (non-hydrogen) atoms. The highest BCUT2D eigenvalue weighted by Crippen LogP contribution is 2.15. The fraction of sp³-hybridized carbons (Fsp3) is 0.136. The van der Waals surface area contributed by atoms with E-state index in [2.05, 4.69) is 22.5 Å². The molecule has 0 aliphatic carbocycles. The Balaban J connectivity index is 1.73. The molecule has 0 atom stereocenters. The van der Waals surface area contributed by atoms with Gasteiger partial charge in [0.1, 0.15) is 5.69 Å². The number of benzene rings is 2. The van der Waals surface area contributed by atoms with Crippen molar-refractivity contribution >= 4 is 23.2 Å². The Hall–Kier alpha value is -3.47. The van der Waals surface area contributed by atoms with Crippen LogP contribution in [0.15, 0.2) is 66.9 Å². The average molecular weight is 359 g/mol. The lowest BCUT2D eigenvalue weighted by atomic mass is 10.1. The van der Waals surface area contributed by atoms with Gasteiger partial charge in [0, 0.05) is 23.1 Å². The molecule has 136 valence electrons. The van der Waals surface area contributed by atoms with Crippen molar-refractivity contribution in [3.05, 3.63) is 89.2 Å². The molecule has 5 nitrogen and oxygen atoms in total. The van der Waals surface area contributed by atoms with Crippen molar-refractivity contribution < 1.29 is 9.59 Å². The molecule has 3 rings (SSSR count). The number of aromatic nitrogens is 1. The van der Waals surface area contributed by atoms with Gasteiger partial charge in [-0.05, 0) is 54.8 Å². The van der Waals surface area contributed by atoms with Gasteiger partial charge in [-0.15, -0.1) is 0 Å². The molecule has 5 heteroatoms. The third-order valence-electron chi connectivity index (χ3n) is 4.27. The van der Waals surface area contributed by atoms with E-state index in [9.17, 15) is 9.59 Å². The highest BCUT2D eigenvalue weighted by Gasteiger charge is 2.13. The van der Waals surface area contributed by atoms with Crippen molar-refractivity contribution in [3.8, 4) is 0 Å². The minimum absolute atomic E-state index is 0.187. The van der Waals surface area contributed by atoms with Crippen LogP contribution < -0.4 is 10.6 Å². The van der Waals surface area contributed by atoms with E-state index < -0.39 is 0 Å². The van der Waals surface area contributed by atoms with Crippen molar-refractivity contribution in [1.29, 1.82) is 0 Å². The maximum atomic E-state index is 12.5. The molecular formula is C22H21N3O2. The average Bonchev–Trinajstić information content (AvgIpc) is 2.70. The minimum atomic E-state index is -0.355. The smallest absolute Gasteiger partial charge is 0.274 e. The van der Waals surface area contributed by atoms with Gasteiger partial charge in [0.2, 0.25) is 0 Å². The van der Waals surface area contributed by atoms with E-state index in [-0.39, 0.29) is 17.5 Å². The topological polar surface area (TPSA) is 71.1 Å². The summed E-state index contributed by atoms with van der Waals surface area (Å²) in [7, 11) is 0. The first-order valence-corrected chi connectivity index (χ1v) is 8.80. The Morgan fingerprint density at radius 3 is 2.37 bits per heavy atom. The van der Waals surface area contributed by atoms with E-state index >= 15 is 0 Å². The molecule has 0 saturated heterocycles. The number of carbonyl (C=O) groups is 2. The number of nitrogens with one attached hydrogen (secondary N) is 2. The van der Waals surface area contributed by atoms with Crippen LogP contribution in [0.5, 0.6) is 0 Å². The van der Waals surface area contributed by atoms with Gasteiger partial charge >= 0.3 is 0 Å². The number of para-hydroxylation sites is 1. The molecule has 0 radical (unpaired) electrons. The monoisotopic (exact) mass is 359 g/mol. The number of rotatable bonds is 5. The quantitative estimate of drug-likeness (QED) is 0.707. The second kappa shape index (κ2) is 8.27. The molecule has 0 aliphatic rings. The van der Waals surface area contributed by atoms with Gasteiger partial charge in [0.05, 0.1) is 0 Å². The van der Waals surface area contributed by atoms with Crippen LogP contribution in [0, 0.1) is 6.92 Å². The summed E-state index contributed by atoms with van der Waals surface area (Å²) in [6, 6.07) is 18.2. The molecule has 0 fully saturated rings. The standard InChI is InChI=1S/C22H21N3O2/c1-3-16-8-10-18(11-9-16)24-21(26)17-12-13-23-20(14-17)22(27)25-19-7-5-4-6-15(19)2/h4-14H,3H2,1-2H3,(H,24,26)(H,25,27). The van der Waals surface area contributed by atoms with E-state index in [1.54, 1.807) is 6.07 Å². The molecule has 2 aromatic carbocycles.